The van der Waals surface area contributed by atoms with Crippen molar-refractivity contribution in [3.05, 3.63) is 29.8 Å². The van der Waals surface area contributed by atoms with E-state index in [4.69, 9.17) is 5.73 Å². The molecule has 1 aliphatic rings. The quantitative estimate of drug-likeness (QED) is 0.851. The van der Waals surface area contributed by atoms with Crippen LogP contribution in [0.1, 0.15) is 26.2 Å². The van der Waals surface area contributed by atoms with Crippen molar-refractivity contribution in [1.82, 2.24) is 0 Å². The Morgan fingerprint density at radius 2 is 2.22 bits per heavy atom. The number of hydrogen-bond acceptors (Lipinski definition) is 2. The maximum absolute atomic E-state index is 13.4. The van der Waals surface area contributed by atoms with Crippen molar-refractivity contribution in [3.8, 4) is 0 Å². The average Bonchev–Trinajstić information content (AvgIpc) is 2.67. The van der Waals surface area contributed by atoms with Gasteiger partial charge in [-0.3, -0.25) is 4.79 Å². The van der Waals surface area contributed by atoms with Crippen molar-refractivity contribution < 1.29 is 13.6 Å². The summed E-state index contributed by atoms with van der Waals surface area (Å²) >= 11 is 0. The van der Waals surface area contributed by atoms with Gasteiger partial charge in [0.05, 0.1) is 11.1 Å². The van der Waals surface area contributed by atoms with Gasteiger partial charge < -0.3 is 11.1 Å². The standard InChI is InChI=1S/C13H16F2N2O/c1-13(7-3-6-10(13)16)12(18)17-9-5-2-4-8(14)11(9)15/h2,4-5,10H,3,6-7,16H2,1H3,(H,17,18). The van der Waals surface area contributed by atoms with Crippen LogP contribution in [0.3, 0.4) is 0 Å². The van der Waals surface area contributed by atoms with Gasteiger partial charge in [-0.1, -0.05) is 12.5 Å². The largest absolute Gasteiger partial charge is 0.327 e. The average molecular weight is 254 g/mol. The van der Waals surface area contributed by atoms with Crippen LogP contribution in [0.25, 0.3) is 0 Å². The van der Waals surface area contributed by atoms with Crippen LogP contribution in [-0.4, -0.2) is 11.9 Å². The van der Waals surface area contributed by atoms with Crippen LogP contribution in [0, 0.1) is 17.0 Å². The number of benzene rings is 1. The second-order valence-corrected chi connectivity index (χ2v) is 4.97. The number of anilines is 1. The first-order valence-electron chi connectivity index (χ1n) is 5.96. The maximum atomic E-state index is 13.4. The number of nitrogens with one attached hydrogen (secondary N) is 1. The second kappa shape index (κ2) is 4.65. The molecule has 18 heavy (non-hydrogen) atoms. The van der Waals surface area contributed by atoms with Crippen molar-refractivity contribution in [3.63, 3.8) is 0 Å². The molecule has 1 saturated carbocycles. The maximum Gasteiger partial charge on any atom is 0.231 e. The Morgan fingerprint density at radius 3 is 2.83 bits per heavy atom. The lowest BCUT2D eigenvalue weighted by Gasteiger charge is -2.27. The first kappa shape index (κ1) is 13.0. The molecule has 3 N–H and O–H groups in total. The molecular formula is C13H16F2N2O. The molecule has 2 atom stereocenters. The molecule has 1 aromatic carbocycles. The van der Waals surface area contributed by atoms with E-state index in [0.717, 1.165) is 18.9 Å². The normalized spacial score (nSPS) is 27.2. The lowest BCUT2D eigenvalue weighted by atomic mass is 9.84. The van der Waals surface area contributed by atoms with Crippen LogP contribution in [0.2, 0.25) is 0 Å². The van der Waals surface area contributed by atoms with Gasteiger partial charge >= 0.3 is 0 Å². The zero-order chi connectivity index (χ0) is 13.3. The molecule has 1 fully saturated rings. The van der Waals surface area contributed by atoms with E-state index in [-0.39, 0.29) is 17.6 Å². The van der Waals surface area contributed by atoms with Gasteiger partial charge in [0.1, 0.15) is 0 Å². The molecule has 3 nitrogen and oxygen atoms in total. The summed E-state index contributed by atoms with van der Waals surface area (Å²) in [5, 5.41) is 2.43. The molecule has 2 unspecified atom stereocenters. The van der Waals surface area contributed by atoms with Crippen LogP contribution in [0.4, 0.5) is 14.5 Å². The summed E-state index contributed by atoms with van der Waals surface area (Å²) in [4.78, 5) is 12.1. The number of amides is 1. The molecule has 1 aromatic rings. The van der Waals surface area contributed by atoms with Crippen LogP contribution < -0.4 is 11.1 Å². The number of halogens is 2. The van der Waals surface area contributed by atoms with Crippen LogP contribution in [0.15, 0.2) is 18.2 Å². The third-order valence-electron chi connectivity index (χ3n) is 3.75. The van der Waals surface area contributed by atoms with Crippen molar-refractivity contribution in [2.45, 2.75) is 32.2 Å². The fourth-order valence-corrected chi connectivity index (χ4v) is 2.34. The summed E-state index contributed by atoms with van der Waals surface area (Å²) in [7, 11) is 0. The number of carbonyl (C=O) groups excluding carboxylic acids is 1. The molecule has 0 heterocycles. The van der Waals surface area contributed by atoms with Gasteiger partial charge in [-0.2, -0.15) is 0 Å². The summed E-state index contributed by atoms with van der Waals surface area (Å²) in [6.45, 7) is 1.76. The minimum atomic E-state index is -1.04. The Hall–Kier alpha value is -1.49. The molecule has 0 spiro atoms. The van der Waals surface area contributed by atoms with Gasteiger partial charge in [0.15, 0.2) is 11.6 Å². The van der Waals surface area contributed by atoms with E-state index >= 15 is 0 Å². The Balaban J connectivity index is 2.19. The number of rotatable bonds is 2. The first-order chi connectivity index (χ1) is 8.45. The molecule has 0 radical (unpaired) electrons. The molecule has 0 aromatic heterocycles. The van der Waals surface area contributed by atoms with Gasteiger partial charge in [0, 0.05) is 6.04 Å². The zero-order valence-electron chi connectivity index (χ0n) is 10.2. The molecule has 98 valence electrons. The van der Waals surface area contributed by atoms with Crippen molar-refractivity contribution >= 4 is 11.6 Å². The van der Waals surface area contributed by atoms with Gasteiger partial charge in [-0.15, -0.1) is 0 Å². The summed E-state index contributed by atoms with van der Waals surface area (Å²) in [6.07, 6.45) is 2.31. The molecule has 2 rings (SSSR count). The third kappa shape index (κ3) is 2.10. The van der Waals surface area contributed by atoms with E-state index in [2.05, 4.69) is 5.32 Å². The highest BCUT2D eigenvalue weighted by molar-refractivity contribution is 5.96. The smallest absolute Gasteiger partial charge is 0.231 e. The van der Waals surface area contributed by atoms with Crippen LogP contribution in [0.5, 0.6) is 0 Å². The van der Waals surface area contributed by atoms with Crippen molar-refractivity contribution in [2.75, 3.05) is 5.32 Å². The predicted molar refractivity (Wildman–Crippen MR) is 64.9 cm³/mol. The van der Waals surface area contributed by atoms with E-state index in [1.807, 2.05) is 0 Å². The molecule has 0 bridgehead atoms. The van der Waals surface area contributed by atoms with Gasteiger partial charge in [-0.05, 0) is 31.9 Å². The third-order valence-corrected chi connectivity index (χ3v) is 3.75. The predicted octanol–water partition coefficient (Wildman–Crippen LogP) is 2.42. The molecule has 1 aliphatic carbocycles. The Labute approximate surface area is 104 Å². The molecular weight excluding hydrogens is 238 g/mol. The number of hydrogen-bond donors (Lipinski definition) is 2. The topological polar surface area (TPSA) is 55.1 Å². The highest BCUT2D eigenvalue weighted by atomic mass is 19.2. The fourth-order valence-electron chi connectivity index (χ4n) is 2.34. The fraction of sp³-hybridized carbons (Fsp3) is 0.462. The van der Waals surface area contributed by atoms with E-state index < -0.39 is 17.0 Å². The van der Waals surface area contributed by atoms with E-state index in [1.54, 1.807) is 6.92 Å². The molecule has 0 aliphatic heterocycles. The highest BCUT2D eigenvalue weighted by Gasteiger charge is 2.43. The van der Waals surface area contributed by atoms with Crippen LogP contribution in [-0.2, 0) is 4.79 Å². The number of carbonyl (C=O) groups is 1. The Morgan fingerprint density at radius 1 is 1.50 bits per heavy atom. The molecule has 1 amide bonds. The first-order valence-corrected chi connectivity index (χ1v) is 5.96. The van der Waals surface area contributed by atoms with E-state index in [0.29, 0.717) is 6.42 Å². The van der Waals surface area contributed by atoms with Gasteiger partial charge in [-0.25, -0.2) is 8.78 Å². The van der Waals surface area contributed by atoms with Crippen molar-refractivity contribution in [2.24, 2.45) is 11.1 Å². The SMILES string of the molecule is CC1(C(=O)Nc2cccc(F)c2F)CCCC1N. The zero-order valence-corrected chi connectivity index (χ0v) is 10.2. The van der Waals surface area contributed by atoms with E-state index in [1.165, 1.54) is 12.1 Å². The van der Waals surface area contributed by atoms with Crippen molar-refractivity contribution in [1.29, 1.82) is 0 Å². The minimum Gasteiger partial charge on any atom is -0.327 e. The van der Waals surface area contributed by atoms with Gasteiger partial charge in [0.2, 0.25) is 5.91 Å². The molecule has 0 saturated heterocycles. The van der Waals surface area contributed by atoms with Crippen LogP contribution >= 0.6 is 0 Å². The summed E-state index contributed by atoms with van der Waals surface area (Å²) in [6, 6.07) is 3.45. The summed E-state index contributed by atoms with van der Waals surface area (Å²) in [5.41, 5.74) is 5.06. The summed E-state index contributed by atoms with van der Waals surface area (Å²) < 4.78 is 26.5. The minimum absolute atomic E-state index is 0.139. The monoisotopic (exact) mass is 254 g/mol. The van der Waals surface area contributed by atoms with Gasteiger partial charge in [0.25, 0.3) is 0 Å². The lowest BCUT2D eigenvalue weighted by molar-refractivity contribution is -0.125. The molecule has 5 heteroatoms. The Kier molecular flexibility index (Phi) is 3.34. The highest BCUT2D eigenvalue weighted by Crippen LogP contribution is 2.37. The van der Waals surface area contributed by atoms with E-state index in [9.17, 15) is 13.6 Å². The number of nitrogens with two attached hydrogens (primary N) is 1. The summed E-state index contributed by atoms with van der Waals surface area (Å²) in [5.74, 6) is -2.37. The Bertz CT molecular complexity index is 478. The second-order valence-electron chi connectivity index (χ2n) is 4.97. The lowest BCUT2D eigenvalue weighted by Crippen LogP contribution is -2.44.